The monoisotopic (exact) mass is 632 g/mol. The molecule has 0 bridgehead atoms. The maximum atomic E-state index is 12.7. The molecule has 1 saturated heterocycles. The first-order chi connectivity index (χ1) is 18.5. The van der Waals surface area contributed by atoms with Crippen LogP contribution in [0.25, 0.3) is 0 Å². The third-order valence-corrected chi connectivity index (χ3v) is 22.6. The first-order valence-electron chi connectivity index (χ1n) is 14.3. The van der Waals surface area contributed by atoms with Gasteiger partial charge in [0.1, 0.15) is 0 Å². The Kier molecular flexibility index (Phi) is 13.1. The standard InChI is InChI=1S/C19H17O6.3C4H9.Sn/c20-18(14-7-3-1-4-8-14)22-11-16-17(25-13-24-16)12-23-19(21)15-9-5-2-6-10-15;3*1-3-4-2;/h1-10,13,16-17H,11-12H2;3*1,3-4H2,2H3;/t16-,17-;;;;/m1..../s1. The van der Waals surface area contributed by atoms with Crippen molar-refractivity contribution in [2.45, 2.75) is 89.1 Å². The number of unbranched alkanes of at least 4 members (excludes halogenated alkanes) is 3. The van der Waals surface area contributed by atoms with Crippen molar-refractivity contribution >= 4 is 30.3 Å². The minimum absolute atomic E-state index is 0.0645. The SMILES string of the molecule is CCC[CH2][Sn]([CH2]CCC)([CH2]CCC)[CH]1O[C@H](COC(=O)c2ccccc2)[C@@H](COC(=O)c2ccccc2)O1. The molecule has 2 aromatic rings. The van der Waals surface area contributed by atoms with Crippen molar-refractivity contribution in [1.29, 1.82) is 0 Å². The summed E-state index contributed by atoms with van der Waals surface area (Å²) in [5, 5.41) is 0. The van der Waals surface area contributed by atoms with Crippen LogP contribution in [0.5, 0.6) is 0 Å². The summed E-state index contributed by atoms with van der Waals surface area (Å²) in [6.07, 6.45) is 6.07. The minimum atomic E-state index is -2.92. The molecule has 0 unspecified atom stereocenters. The molecule has 1 heterocycles. The van der Waals surface area contributed by atoms with E-state index in [4.69, 9.17) is 18.9 Å². The summed E-state index contributed by atoms with van der Waals surface area (Å²) in [5.41, 5.74) is 0.995. The zero-order valence-corrected chi connectivity index (χ0v) is 26.1. The van der Waals surface area contributed by atoms with Gasteiger partial charge in [0.25, 0.3) is 0 Å². The number of rotatable bonds is 16. The fourth-order valence-electron chi connectivity index (χ4n) is 5.05. The van der Waals surface area contributed by atoms with Crippen LogP contribution in [0.4, 0.5) is 0 Å². The van der Waals surface area contributed by atoms with E-state index >= 15 is 0 Å². The Morgan fingerprint density at radius 3 is 1.37 bits per heavy atom. The zero-order chi connectivity index (χ0) is 27.2. The van der Waals surface area contributed by atoms with Gasteiger partial charge in [-0.05, 0) is 0 Å². The Bertz CT molecular complexity index is 882. The summed E-state index contributed by atoms with van der Waals surface area (Å²) in [6.45, 7) is 6.85. The van der Waals surface area contributed by atoms with Gasteiger partial charge in [0.05, 0.1) is 0 Å². The van der Waals surface area contributed by atoms with Crippen molar-refractivity contribution in [1.82, 2.24) is 0 Å². The number of hydrogen-bond donors (Lipinski definition) is 0. The quantitative estimate of drug-likeness (QED) is 0.144. The van der Waals surface area contributed by atoms with Gasteiger partial charge in [-0.2, -0.15) is 0 Å². The van der Waals surface area contributed by atoms with E-state index in [1.54, 1.807) is 24.3 Å². The van der Waals surface area contributed by atoms with Crippen molar-refractivity contribution in [2.24, 2.45) is 0 Å². The van der Waals surface area contributed by atoms with Crippen LogP contribution in [-0.2, 0) is 18.9 Å². The van der Waals surface area contributed by atoms with Crippen LogP contribution in [-0.4, -0.2) is 60.0 Å². The molecule has 1 aliphatic heterocycles. The van der Waals surface area contributed by atoms with Crippen LogP contribution < -0.4 is 0 Å². The number of esters is 2. The fourth-order valence-corrected chi connectivity index (χ4v) is 20.9. The third-order valence-electron chi connectivity index (χ3n) is 7.37. The molecular formula is C31H44O6Sn. The molecule has 1 aliphatic rings. The van der Waals surface area contributed by atoms with Crippen molar-refractivity contribution in [3.63, 3.8) is 0 Å². The normalized spacial score (nSPS) is 17.9. The second kappa shape index (κ2) is 16.3. The Labute approximate surface area is 232 Å². The molecule has 2 aromatic carbocycles. The predicted octanol–water partition coefficient (Wildman–Crippen LogP) is 7.20. The molecule has 3 rings (SSSR count). The van der Waals surface area contributed by atoms with Crippen LogP contribution in [0.3, 0.4) is 0 Å². The first-order valence-corrected chi connectivity index (χ1v) is 22.0. The Morgan fingerprint density at radius 1 is 0.658 bits per heavy atom. The fraction of sp³-hybridized carbons (Fsp3) is 0.548. The van der Waals surface area contributed by atoms with E-state index in [0.29, 0.717) is 11.1 Å². The number of hydrogen-bond acceptors (Lipinski definition) is 6. The van der Waals surface area contributed by atoms with E-state index in [1.807, 2.05) is 36.4 Å². The molecular weight excluding hydrogens is 587 g/mol. The Morgan fingerprint density at radius 2 is 1.03 bits per heavy atom. The van der Waals surface area contributed by atoms with E-state index in [0.717, 1.165) is 19.3 Å². The van der Waals surface area contributed by atoms with E-state index in [-0.39, 0.29) is 17.5 Å². The van der Waals surface area contributed by atoms with Gasteiger partial charge in [-0.3, -0.25) is 0 Å². The molecule has 0 N–H and O–H groups in total. The molecule has 2 atom stereocenters. The van der Waals surface area contributed by atoms with Crippen molar-refractivity contribution in [3.8, 4) is 0 Å². The van der Waals surface area contributed by atoms with Crippen LogP contribution in [0.1, 0.15) is 80.0 Å². The second-order valence-electron chi connectivity index (χ2n) is 10.3. The van der Waals surface area contributed by atoms with Crippen LogP contribution in [0.15, 0.2) is 60.7 Å². The van der Waals surface area contributed by atoms with Gasteiger partial charge < -0.3 is 0 Å². The van der Waals surface area contributed by atoms with Crippen LogP contribution in [0, 0.1) is 0 Å². The summed E-state index contributed by atoms with van der Waals surface area (Å²) in [4.78, 5) is 25.3. The number of ether oxygens (including phenoxy) is 4. The predicted molar refractivity (Wildman–Crippen MR) is 152 cm³/mol. The summed E-state index contributed by atoms with van der Waals surface area (Å²) in [7, 11) is 0. The van der Waals surface area contributed by atoms with Crippen LogP contribution >= 0.6 is 0 Å². The zero-order valence-electron chi connectivity index (χ0n) is 23.2. The summed E-state index contributed by atoms with van der Waals surface area (Å²) in [5.74, 6) is -0.786. The van der Waals surface area contributed by atoms with Gasteiger partial charge in [-0.25, -0.2) is 0 Å². The molecule has 0 aliphatic carbocycles. The van der Waals surface area contributed by atoms with E-state index in [9.17, 15) is 9.59 Å². The summed E-state index contributed by atoms with van der Waals surface area (Å²) >= 11 is -2.92. The van der Waals surface area contributed by atoms with Gasteiger partial charge >= 0.3 is 233 Å². The Balaban J connectivity index is 1.77. The number of carbonyl (C=O) groups excluding carboxylic acids is 2. The van der Waals surface area contributed by atoms with Gasteiger partial charge in [-0.1, -0.05) is 0 Å². The Hall–Kier alpha value is -1.90. The van der Waals surface area contributed by atoms with Crippen LogP contribution in [0.2, 0.25) is 13.3 Å². The molecule has 0 amide bonds. The van der Waals surface area contributed by atoms with Gasteiger partial charge in [0.2, 0.25) is 0 Å². The molecule has 208 valence electrons. The molecule has 0 aromatic heterocycles. The van der Waals surface area contributed by atoms with Gasteiger partial charge in [-0.15, -0.1) is 0 Å². The molecule has 0 saturated carbocycles. The van der Waals surface area contributed by atoms with Crippen molar-refractivity contribution < 1.29 is 28.5 Å². The van der Waals surface area contributed by atoms with Crippen molar-refractivity contribution in [3.05, 3.63) is 71.8 Å². The van der Waals surface area contributed by atoms with Gasteiger partial charge in [0.15, 0.2) is 0 Å². The second-order valence-corrected chi connectivity index (χ2v) is 23.7. The first kappa shape index (κ1) is 30.6. The van der Waals surface area contributed by atoms with E-state index < -0.39 is 42.5 Å². The number of benzene rings is 2. The van der Waals surface area contributed by atoms with E-state index in [2.05, 4.69) is 20.8 Å². The molecule has 38 heavy (non-hydrogen) atoms. The van der Waals surface area contributed by atoms with E-state index in [1.165, 1.54) is 32.6 Å². The molecule has 6 nitrogen and oxygen atoms in total. The topological polar surface area (TPSA) is 71.1 Å². The van der Waals surface area contributed by atoms with Gasteiger partial charge in [0, 0.05) is 0 Å². The summed E-state index contributed by atoms with van der Waals surface area (Å²) < 4.78 is 28.1. The number of carbonyl (C=O) groups is 2. The van der Waals surface area contributed by atoms with Crippen molar-refractivity contribution in [2.75, 3.05) is 13.2 Å². The third kappa shape index (κ3) is 8.81. The molecule has 0 spiro atoms. The molecule has 7 heteroatoms. The molecule has 1 fully saturated rings. The molecule has 0 radical (unpaired) electrons. The average Bonchev–Trinajstić information content (AvgIpc) is 3.38. The summed E-state index contributed by atoms with van der Waals surface area (Å²) in [6, 6.07) is 17.9. The maximum absolute atomic E-state index is 12.7. The average molecular weight is 631 g/mol.